The first-order valence-electron chi connectivity index (χ1n) is 14.9. The normalized spacial score (nSPS) is 14.5. The molecule has 2 aromatic carbocycles. The average molecular weight is 744 g/mol. The number of esters is 2. The summed E-state index contributed by atoms with van der Waals surface area (Å²) in [5.74, 6) is -11.4. The molecule has 0 atom stereocenters. The van der Waals surface area contributed by atoms with Crippen LogP contribution in [0.3, 0.4) is 0 Å². The number of aromatic amines is 1. The van der Waals surface area contributed by atoms with Crippen LogP contribution in [0.1, 0.15) is 5.69 Å². The number of benzene rings is 2. The van der Waals surface area contributed by atoms with Gasteiger partial charge in [-0.1, -0.05) is 12.1 Å². The SMILES string of the molecule is O=C(Oc1ccc2c(c1OC(=O)C(F)(F)F)c(-c1cccnc1)c(CN1CCN(c3cccc4[nH]ccc34)CC1)n2OC(=O)C(F)(F)F)C(F)(F)F. The Labute approximate surface area is 285 Å². The first-order chi connectivity index (χ1) is 24.4. The van der Waals surface area contributed by atoms with Crippen LogP contribution in [-0.2, 0) is 20.9 Å². The molecule has 11 nitrogen and oxygen atoms in total. The summed E-state index contributed by atoms with van der Waals surface area (Å²) in [4.78, 5) is 51.7. The third-order valence-electron chi connectivity index (χ3n) is 7.98. The number of halogens is 9. The van der Waals surface area contributed by atoms with Gasteiger partial charge in [-0.25, -0.2) is 14.4 Å². The van der Waals surface area contributed by atoms with Crippen LogP contribution in [0.15, 0.2) is 67.1 Å². The van der Waals surface area contributed by atoms with Gasteiger partial charge >= 0.3 is 36.4 Å². The minimum Gasteiger partial charge on any atom is -0.416 e. The largest absolute Gasteiger partial charge is 0.493 e. The highest BCUT2D eigenvalue weighted by molar-refractivity contribution is 6.05. The number of carbonyl (C=O) groups is 3. The van der Waals surface area contributed by atoms with Crippen molar-refractivity contribution in [3.63, 3.8) is 0 Å². The number of hydrogen-bond acceptors (Lipinski definition) is 9. The molecule has 1 N–H and O–H groups in total. The predicted molar refractivity (Wildman–Crippen MR) is 162 cm³/mol. The summed E-state index contributed by atoms with van der Waals surface area (Å²) in [6.07, 6.45) is -12.9. The Hall–Kier alpha value is -5.79. The standard InChI is InChI=1S/C32H22F9N5O6/c33-30(34,35)27(47)50-23-7-6-21-25(26(23)51-28(48)31(36,37)38)24(17-3-2-9-42-15-17)22(46(21)52-29(49)32(39,40)41)16-44-11-13-45(14-12-44)20-5-1-4-19-18(20)8-10-43-19/h1-10,15,43H,11-14,16H2. The second-order valence-corrected chi connectivity index (χ2v) is 11.3. The summed E-state index contributed by atoms with van der Waals surface area (Å²) in [6, 6.07) is 11.3. The zero-order chi connectivity index (χ0) is 37.6. The quantitative estimate of drug-likeness (QED) is 0.122. The van der Waals surface area contributed by atoms with E-state index in [9.17, 15) is 53.9 Å². The number of pyridine rings is 1. The lowest BCUT2D eigenvalue weighted by atomic mass is 10.0. The van der Waals surface area contributed by atoms with Gasteiger partial charge in [0.25, 0.3) is 0 Å². The Morgan fingerprint density at radius 2 is 1.44 bits per heavy atom. The highest BCUT2D eigenvalue weighted by atomic mass is 19.4. The van der Waals surface area contributed by atoms with Crippen LogP contribution < -0.4 is 19.2 Å². The molecule has 1 aliphatic rings. The van der Waals surface area contributed by atoms with Gasteiger partial charge in [0.05, 0.1) is 16.6 Å². The lowest BCUT2D eigenvalue weighted by Gasteiger charge is -2.36. The molecule has 3 aromatic heterocycles. The van der Waals surface area contributed by atoms with Gasteiger partial charge in [-0.3, -0.25) is 9.88 Å². The molecule has 0 bridgehead atoms. The number of ether oxygens (including phenoxy) is 2. The fraction of sp³-hybridized carbons (Fsp3) is 0.250. The average Bonchev–Trinajstić information content (AvgIpc) is 3.68. The summed E-state index contributed by atoms with van der Waals surface area (Å²) >= 11 is 0. The number of aromatic nitrogens is 3. The smallest absolute Gasteiger partial charge is 0.416 e. The van der Waals surface area contributed by atoms with Gasteiger partial charge < -0.3 is 24.2 Å². The summed E-state index contributed by atoms with van der Waals surface area (Å²) in [7, 11) is 0. The molecule has 52 heavy (non-hydrogen) atoms. The molecule has 0 aliphatic carbocycles. The molecule has 4 heterocycles. The zero-order valence-corrected chi connectivity index (χ0v) is 26.0. The number of carbonyl (C=O) groups excluding carboxylic acids is 3. The van der Waals surface area contributed by atoms with Crippen LogP contribution in [0.2, 0.25) is 0 Å². The van der Waals surface area contributed by atoms with Gasteiger partial charge in [0, 0.05) is 79.0 Å². The van der Waals surface area contributed by atoms with Crippen molar-refractivity contribution in [1.29, 1.82) is 0 Å². The van der Waals surface area contributed by atoms with Crippen molar-refractivity contribution in [2.24, 2.45) is 0 Å². The van der Waals surface area contributed by atoms with E-state index in [0.29, 0.717) is 23.9 Å². The van der Waals surface area contributed by atoms with Crippen molar-refractivity contribution in [1.82, 2.24) is 19.6 Å². The van der Waals surface area contributed by atoms with E-state index in [2.05, 4.69) is 19.4 Å². The van der Waals surface area contributed by atoms with Gasteiger partial charge in [-0.05, 0) is 36.4 Å². The Kier molecular flexibility index (Phi) is 9.28. The van der Waals surface area contributed by atoms with Crippen LogP contribution >= 0.6 is 0 Å². The number of rotatable bonds is 7. The Bertz CT molecular complexity index is 2150. The Morgan fingerprint density at radius 3 is 2.08 bits per heavy atom. The zero-order valence-electron chi connectivity index (χ0n) is 26.0. The molecular weight excluding hydrogens is 721 g/mol. The molecule has 1 fully saturated rings. The van der Waals surface area contributed by atoms with E-state index >= 15 is 0 Å². The topological polar surface area (TPSA) is 119 Å². The first-order valence-corrected chi connectivity index (χ1v) is 14.9. The highest BCUT2D eigenvalue weighted by Gasteiger charge is 2.46. The molecule has 0 unspecified atom stereocenters. The molecule has 6 rings (SSSR count). The predicted octanol–water partition coefficient (Wildman–Crippen LogP) is 5.96. The molecule has 0 radical (unpaired) electrons. The van der Waals surface area contributed by atoms with E-state index in [1.54, 1.807) is 11.1 Å². The molecule has 0 amide bonds. The van der Waals surface area contributed by atoms with E-state index in [0.717, 1.165) is 28.9 Å². The number of alkyl halides is 9. The fourth-order valence-electron chi connectivity index (χ4n) is 5.75. The van der Waals surface area contributed by atoms with Gasteiger partial charge in [0.2, 0.25) is 0 Å². The summed E-state index contributed by atoms with van der Waals surface area (Å²) < 4.78 is 130. The van der Waals surface area contributed by atoms with Crippen molar-refractivity contribution in [3.8, 4) is 22.6 Å². The van der Waals surface area contributed by atoms with Crippen LogP contribution in [0.25, 0.3) is 32.9 Å². The number of fused-ring (bicyclic) bond motifs is 2. The van der Waals surface area contributed by atoms with Gasteiger partial charge in [0.1, 0.15) is 0 Å². The van der Waals surface area contributed by atoms with Crippen molar-refractivity contribution in [2.45, 2.75) is 25.1 Å². The first kappa shape index (κ1) is 36.0. The molecule has 274 valence electrons. The van der Waals surface area contributed by atoms with Crippen molar-refractivity contribution in [2.75, 3.05) is 31.1 Å². The second-order valence-electron chi connectivity index (χ2n) is 11.3. The minimum absolute atomic E-state index is 0.0642. The van der Waals surface area contributed by atoms with Crippen LogP contribution in [0.5, 0.6) is 11.5 Å². The Morgan fingerprint density at radius 1 is 0.769 bits per heavy atom. The van der Waals surface area contributed by atoms with Crippen LogP contribution in [0.4, 0.5) is 45.2 Å². The third-order valence-corrected chi connectivity index (χ3v) is 7.98. The summed E-state index contributed by atoms with van der Waals surface area (Å²) in [5.41, 5.74) is 0.351. The lowest BCUT2D eigenvalue weighted by molar-refractivity contribution is -0.199. The molecule has 1 aliphatic heterocycles. The second kappa shape index (κ2) is 13.4. The van der Waals surface area contributed by atoms with Crippen LogP contribution in [-0.4, -0.2) is 82.2 Å². The minimum atomic E-state index is -5.75. The van der Waals surface area contributed by atoms with E-state index in [-0.39, 0.29) is 36.5 Å². The number of nitrogens with zero attached hydrogens (tertiary/aromatic N) is 4. The van der Waals surface area contributed by atoms with E-state index in [4.69, 9.17) is 4.84 Å². The number of hydrogen-bond donors (Lipinski definition) is 1. The molecular formula is C32H22F9N5O6. The number of H-pyrrole nitrogens is 1. The molecule has 1 saturated heterocycles. The van der Waals surface area contributed by atoms with E-state index < -0.39 is 58.8 Å². The number of piperazine rings is 1. The molecule has 20 heteroatoms. The van der Waals surface area contributed by atoms with E-state index in [1.807, 2.05) is 29.2 Å². The van der Waals surface area contributed by atoms with Crippen molar-refractivity contribution >= 4 is 45.4 Å². The highest BCUT2D eigenvalue weighted by Crippen LogP contribution is 2.46. The lowest BCUT2D eigenvalue weighted by Crippen LogP contribution is -2.46. The van der Waals surface area contributed by atoms with Crippen LogP contribution in [0, 0.1) is 0 Å². The molecule has 0 spiro atoms. The van der Waals surface area contributed by atoms with E-state index in [1.165, 1.54) is 18.3 Å². The maximum Gasteiger partial charge on any atom is 0.493 e. The Balaban J connectivity index is 1.52. The third kappa shape index (κ3) is 7.18. The summed E-state index contributed by atoms with van der Waals surface area (Å²) in [5, 5.41) is 0.165. The number of nitrogens with one attached hydrogen (secondary N) is 1. The van der Waals surface area contributed by atoms with Crippen molar-refractivity contribution < 1.29 is 68.2 Å². The van der Waals surface area contributed by atoms with Gasteiger partial charge in [-0.2, -0.15) is 44.2 Å². The maximum absolute atomic E-state index is 13.6. The number of anilines is 1. The summed E-state index contributed by atoms with van der Waals surface area (Å²) in [6.45, 7) is 0.873. The maximum atomic E-state index is 13.6. The molecule has 5 aromatic rings. The van der Waals surface area contributed by atoms with Crippen molar-refractivity contribution in [3.05, 3.63) is 72.8 Å². The van der Waals surface area contributed by atoms with Gasteiger partial charge in [-0.15, -0.1) is 0 Å². The van der Waals surface area contributed by atoms with Gasteiger partial charge in [0.15, 0.2) is 11.5 Å². The monoisotopic (exact) mass is 743 g/mol. The molecule has 0 saturated carbocycles. The fourth-order valence-corrected chi connectivity index (χ4v) is 5.75.